The number of rotatable bonds is 24. The average molecular weight is 557 g/mol. The topological polar surface area (TPSA) is 186 Å². The summed E-state index contributed by atoms with van der Waals surface area (Å²) in [7, 11) is 0. The van der Waals surface area contributed by atoms with Gasteiger partial charge in [-0.25, -0.2) is 0 Å². The van der Waals surface area contributed by atoms with Crippen LogP contribution in [0.2, 0.25) is 0 Å². The zero-order chi connectivity index (χ0) is 27.0. The van der Waals surface area contributed by atoms with Gasteiger partial charge >= 0.3 is 0 Å². The maximum Gasteiger partial charge on any atom is 0.104 e. The van der Waals surface area contributed by atoms with Crippen LogP contribution >= 0.6 is 0 Å². The van der Waals surface area contributed by atoms with Crippen molar-refractivity contribution >= 4 is 0 Å². The van der Waals surface area contributed by atoms with Gasteiger partial charge in [-0.15, -0.1) is 0 Å². The molecule has 0 aromatic carbocycles. The van der Waals surface area contributed by atoms with E-state index in [-0.39, 0.29) is 63.1 Å². The summed E-state index contributed by atoms with van der Waals surface area (Å²) in [6.45, 7) is 6.22. The molecule has 0 aromatic rings. The molecule has 0 amide bonds. The lowest BCUT2D eigenvalue weighted by molar-refractivity contribution is -0.0896. The predicted octanol–water partition coefficient (Wildman–Crippen LogP) is -2.89. The highest BCUT2D eigenvalue weighted by molar-refractivity contribution is 4.71. The van der Waals surface area contributed by atoms with Crippen molar-refractivity contribution in [3.63, 3.8) is 0 Å². The van der Waals surface area contributed by atoms with Gasteiger partial charge in [-0.1, -0.05) is 0 Å². The summed E-state index contributed by atoms with van der Waals surface area (Å²) in [4.78, 5) is 0. The van der Waals surface area contributed by atoms with Crippen LogP contribution in [-0.2, 0) is 47.4 Å². The van der Waals surface area contributed by atoms with Gasteiger partial charge in [0.25, 0.3) is 0 Å². The second-order valence-electron chi connectivity index (χ2n) is 9.55. The van der Waals surface area contributed by atoms with E-state index in [0.29, 0.717) is 52.9 Å². The van der Waals surface area contributed by atoms with E-state index >= 15 is 0 Å². The van der Waals surface area contributed by atoms with Gasteiger partial charge in [0.2, 0.25) is 0 Å². The highest BCUT2D eigenvalue weighted by Crippen LogP contribution is 2.12. The van der Waals surface area contributed by atoms with Gasteiger partial charge in [-0.05, 0) is 0 Å². The Kier molecular flexibility index (Phi) is 15.7. The van der Waals surface area contributed by atoms with Crippen LogP contribution in [0.5, 0.6) is 0 Å². The van der Waals surface area contributed by atoms with Crippen LogP contribution < -0.4 is 0 Å². The van der Waals surface area contributed by atoms with Crippen molar-refractivity contribution in [2.24, 2.45) is 0 Å². The molecule has 4 heterocycles. The van der Waals surface area contributed by atoms with Crippen molar-refractivity contribution in [1.29, 1.82) is 0 Å². The SMILES string of the molecule is OCC(O)COC(COCC1CO1)COCC1CO1.OCC(O)COC(COCC1CO1)COCC1CO1. The standard InChI is InChI=1S/2C12H22O7/c2*13-1-9(14)2-17-10(3-15-5-11-7-18-11)4-16-6-12-8-19-12/h2*9-14H,1-8H2. The minimum atomic E-state index is -0.874. The molecule has 4 fully saturated rings. The second kappa shape index (κ2) is 18.7. The van der Waals surface area contributed by atoms with Crippen molar-refractivity contribution in [3.05, 3.63) is 0 Å². The molecule has 4 aliphatic heterocycles. The lowest BCUT2D eigenvalue weighted by Crippen LogP contribution is -2.31. The Bertz CT molecular complexity index is 498. The molecule has 4 aliphatic rings. The first-order valence-electron chi connectivity index (χ1n) is 13.1. The first kappa shape index (κ1) is 32.0. The maximum absolute atomic E-state index is 9.26. The third-order valence-corrected chi connectivity index (χ3v) is 5.51. The Hall–Kier alpha value is -0.560. The first-order chi connectivity index (χ1) is 18.6. The van der Waals surface area contributed by atoms with Gasteiger partial charge in [0.15, 0.2) is 0 Å². The van der Waals surface area contributed by atoms with Crippen molar-refractivity contribution in [3.8, 4) is 0 Å². The summed E-state index contributed by atoms with van der Waals surface area (Å²) in [6.07, 6.45) is -1.43. The van der Waals surface area contributed by atoms with Gasteiger partial charge in [0.1, 0.15) is 48.8 Å². The Morgan fingerprint density at radius 2 is 0.763 bits per heavy atom. The summed E-state index contributed by atoms with van der Waals surface area (Å²) in [5, 5.41) is 36.0. The molecule has 0 aromatic heterocycles. The van der Waals surface area contributed by atoms with E-state index in [4.69, 9.17) is 57.6 Å². The van der Waals surface area contributed by atoms with E-state index in [1.807, 2.05) is 0 Å². The molecule has 0 spiro atoms. The summed E-state index contributed by atoms with van der Waals surface area (Å²) < 4.78 is 52.9. The molecule has 4 saturated heterocycles. The summed E-state index contributed by atoms with van der Waals surface area (Å²) in [5.41, 5.74) is 0. The van der Waals surface area contributed by atoms with Gasteiger partial charge < -0.3 is 67.8 Å². The molecule has 4 rings (SSSR count). The zero-order valence-electron chi connectivity index (χ0n) is 21.8. The van der Waals surface area contributed by atoms with Gasteiger partial charge in [-0.3, -0.25) is 0 Å². The molecular weight excluding hydrogens is 512 g/mol. The molecule has 4 N–H and O–H groups in total. The van der Waals surface area contributed by atoms with E-state index in [9.17, 15) is 10.2 Å². The van der Waals surface area contributed by atoms with E-state index in [0.717, 1.165) is 26.4 Å². The predicted molar refractivity (Wildman–Crippen MR) is 128 cm³/mol. The third kappa shape index (κ3) is 17.2. The van der Waals surface area contributed by atoms with Crippen LogP contribution in [-0.4, -0.2) is 175 Å². The molecular formula is C24H44O14. The van der Waals surface area contributed by atoms with Crippen LogP contribution in [0, 0.1) is 0 Å². The van der Waals surface area contributed by atoms with E-state index in [1.165, 1.54) is 0 Å². The number of hydrogen-bond acceptors (Lipinski definition) is 14. The van der Waals surface area contributed by atoms with E-state index in [1.54, 1.807) is 0 Å². The molecule has 0 saturated carbocycles. The Morgan fingerprint density at radius 3 is 0.974 bits per heavy atom. The van der Waals surface area contributed by atoms with E-state index in [2.05, 4.69) is 0 Å². The fourth-order valence-corrected chi connectivity index (χ4v) is 2.87. The minimum absolute atomic E-state index is 0.0632. The fraction of sp³-hybridized carbons (Fsp3) is 1.00. The maximum atomic E-state index is 9.26. The summed E-state index contributed by atoms with van der Waals surface area (Å²) in [6, 6.07) is 0. The van der Waals surface area contributed by atoms with Crippen LogP contribution in [0.3, 0.4) is 0 Å². The molecule has 38 heavy (non-hydrogen) atoms. The molecule has 6 unspecified atom stereocenters. The number of ether oxygens (including phenoxy) is 10. The highest BCUT2D eigenvalue weighted by atomic mass is 16.6. The highest BCUT2D eigenvalue weighted by Gasteiger charge is 2.26. The van der Waals surface area contributed by atoms with Crippen LogP contribution in [0.25, 0.3) is 0 Å². The first-order valence-corrected chi connectivity index (χ1v) is 13.1. The minimum Gasteiger partial charge on any atom is -0.394 e. The molecule has 224 valence electrons. The lowest BCUT2D eigenvalue weighted by atomic mass is 10.3. The second-order valence-corrected chi connectivity index (χ2v) is 9.55. The smallest absolute Gasteiger partial charge is 0.104 e. The largest absolute Gasteiger partial charge is 0.394 e. The fourth-order valence-electron chi connectivity index (χ4n) is 2.87. The quantitative estimate of drug-likeness (QED) is 0.0888. The number of epoxide rings is 4. The van der Waals surface area contributed by atoms with Crippen LogP contribution in [0.1, 0.15) is 0 Å². The Balaban J connectivity index is 0.000000211. The van der Waals surface area contributed by atoms with Gasteiger partial charge in [-0.2, -0.15) is 0 Å². The normalized spacial score (nSPS) is 28.1. The molecule has 0 aliphatic carbocycles. The Morgan fingerprint density at radius 1 is 0.500 bits per heavy atom. The lowest BCUT2D eigenvalue weighted by Gasteiger charge is -2.19. The monoisotopic (exact) mass is 556 g/mol. The summed E-state index contributed by atoms with van der Waals surface area (Å²) in [5.74, 6) is 0. The molecule has 0 radical (unpaired) electrons. The molecule has 6 atom stereocenters. The van der Waals surface area contributed by atoms with Crippen molar-refractivity contribution in [2.45, 2.75) is 48.8 Å². The van der Waals surface area contributed by atoms with Gasteiger partial charge in [0, 0.05) is 0 Å². The molecule has 14 nitrogen and oxygen atoms in total. The van der Waals surface area contributed by atoms with Crippen LogP contribution in [0.4, 0.5) is 0 Å². The van der Waals surface area contributed by atoms with Crippen molar-refractivity contribution in [2.75, 3.05) is 106 Å². The third-order valence-electron chi connectivity index (χ3n) is 5.51. The van der Waals surface area contributed by atoms with Gasteiger partial charge in [0.05, 0.1) is 106 Å². The van der Waals surface area contributed by atoms with E-state index < -0.39 is 12.2 Å². The van der Waals surface area contributed by atoms with Crippen LogP contribution in [0.15, 0.2) is 0 Å². The number of hydrogen-bond donors (Lipinski definition) is 4. The average Bonchev–Trinajstić information content (AvgIpc) is 3.73. The molecule has 14 heteroatoms. The van der Waals surface area contributed by atoms with Crippen molar-refractivity contribution < 1.29 is 67.8 Å². The number of aliphatic hydroxyl groups excluding tert-OH is 4. The zero-order valence-corrected chi connectivity index (χ0v) is 21.8. The number of aliphatic hydroxyl groups is 4. The molecule has 0 bridgehead atoms. The Labute approximate surface area is 222 Å². The van der Waals surface area contributed by atoms with Crippen molar-refractivity contribution in [1.82, 2.24) is 0 Å². The summed E-state index contributed by atoms with van der Waals surface area (Å²) >= 11 is 0.